The molecule has 0 saturated carbocycles. The zero-order valence-corrected chi connectivity index (χ0v) is 10.2. The van der Waals surface area contributed by atoms with Crippen LogP contribution in [0.3, 0.4) is 0 Å². The summed E-state index contributed by atoms with van der Waals surface area (Å²) < 4.78 is 5.49. The van der Waals surface area contributed by atoms with Gasteiger partial charge in [0.2, 0.25) is 0 Å². The van der Waals surface area contributed by atoms with E-state index in [1.807, 2.05) is 12.4 Å². The molecule has 0 amide bonds. The summed E-state index contributed by atoms with van der Waals surface area (Å²) in [6.45, 7) is 2.92. The lowest BCUT2D eigenvalue weighted by molar-refractivity contribution is -0.0696. The van der Waals surface area contributed by atoms with Gasteiger partial charge in [0, 0.05) is 23.9 Å². The molecule has 2 aliphatic rings. The number of aromatic nitrogens is 1. The number of hydrogen-bond acceptors (Lipinski definition) is 3. The average molecular weight is 232 g/mol. The van der Waals surface area contributed by atoms with Gasteiger partial charge in [0.1, 0.15) is 0 Å². The first-order valence-electron chi connectivity index (χ1n) is 6.61. The van der Waals surface area contributed by atoms with Crippen molar-refractivity contribution in [3.05, 3.63) is 30.1 Å². The highest BCUT2D eigenvalue weighted by Crippen LogP contribution is 2.37. The second kappa shape index (κ2) is 4.75. The Balaban J connectivity index is 1.73. The highest BCUT2D eigenvalue weighted by atomic mass is 16.5. The Bertz CT molecular complexity index is 356. The van der Waals surface area contributed by atoms with Gasteiger partial charge in [-0.1, -0.05) is 6.42 Å². The third-order valence-corrected chi connectivity index (χ3v) is 4.10. The minimum atomic E-state index is 0.248. The molecule has 1 atom stereocenters. The lowest BCUT2D eigenvalue weighted by atomic mass is 9.73. The van der Waals surface area contributed by atoms with Gasteiger partial charge in [-0.3, -0.25) is 4.98 Å². The van der Waals surface area contributed by atoms with E-state index in [0.717, 1.165) is 13.2 Å². The monoisotopic (exact) mass is 232 g/mol. The third-order valence-electron chi connectivity index (χ3n) is 4.10. The van der Waals surface area contributed by atoms with Gasteiger partial charge in [-0.05, 0) is 43.5 Å². The number of pyridine rings is 1. The zero-order chi connectivity index (χ0) is 11.6. The topological polar surface area (TPSA) is 34.1 Å². The predicted molar refractivity (Wildman–Crippen MR) is 67.0 cm³/mol. The molecule has 0 bridgehead atoms. The molecule has 0 aliphatic carbocycles. The second-order valence-corrected chi connectivity index (χ2v) is 5.36. The van der Waals surface area contributed by atoms with Crippen molar-refractivity contribution in [1.82, 2.24) is 10.3 Å². The number of rotatable bonds is 3. The van der Waals surface area contributed by atoms with Crippen LogP contribution in [0.25, 0.3) is 0 Å². The first-order chi connectivity index (χ1) is 8.39. The fourth-order valence-corrected chi connectivity index (χ4v) is 3.03. The lowest BCUT2D eigenvalue weighted by Crippen LogP contribution is -2.51. The normalized spacial score (nSPS) is 27.4. The molecule has 17 heavy (non-hydrogen) atoms. The fraction of sp³-hybridized carbons (Fsp3) is 0.643. The number of nitrogens with one attached hydrogen (secondary N) is 1. The van der Waals surface area contributed by atoms with Gasteiger partial charge in [0.05, 0.1) is 13.2 Å². The van der Waals surface area contributed by atoms with Gasteiger partial charge in [-0.25, -0.2) is 0 Å². The van der Waals surface area contributed by atoms with Crippen molar-refractivity contribution in [3.8, 4) is 0 Å². The molecule has 3 nitrogen and oxygen atoms in total. The van der Waals surface area contributed by atoms with Crippen molar-refractivity contribution in [2.75, 3.05) is 19.8 Å². The van der Waals surface area contributed by atoms with E-state index in [0.29, 0.717) is 6.04 Å². The van der Waals surface area contributed by atoms with Gasteiger partial charge in [-0.15, -0.1) is 0 Å². The van der Waals surface area contributed by atoms with Gasteiger partial charge < -0.3 is 10.1 Å². The van der Waals surface area contributed by atoms with Crippen LogP contribution >= 0.6 is 0 Å². The van der Waals surface area contributed by atoms with E-state index in [4.69, 9.17) is 4.74 Å². The number of nitrogens with zero attached hydrogens (tertiary/aromatic N) is 1. The van der Waals surface area contributed by atoms with Crippen molar-refractivity contribution in [2.45, 2.75) is 37.1 Å². The van der Waals surface area contributed by atoms with Crippen LogP contribution in [-0.2, 0) is 10.2 Å². The number of piperidine rings is 1. The Morgan fingerprint density at radius 3 is 2.71 bits per heavy atom. The smallest absolute Gasteiger partial charge is 0.0586 e. The molecule has 3 heterocycles. The molecule has 3 heteroatoms. The van der Waals surface area contributed by atoms with E-state index in [9.17, 15) is 0 Å². The zero-order valence-electron chi connectivity index (χ0n) is 10.2. The fourth-order valence-electron chi connectivity index (χ4n) is 3.03. The van der Waals surface area contributed by atoms with E-state index < -0.39 is 0 Å². The average Bonchev–Trinajstić information content (AvgIpc) is 2.36. The van der Waals surface area contributed by atoms with E-state index >= 15 is 0 Å². The maximum Gasteiger partial charge on any atom is 0.0586 e. The Kier molecular flexibility index (Phi) is 3.12. The molecule has 1 aromatic rings. The summed E-state index contributed by atoms with van der Waals surface area (Å²) in [6, 6.07) is 4.96. The van der Waals surface area contributed by atoms with Crippen LogP contribution in [0.15, 0.2) is 24.5 Å². The minimum absolute atomic E-state index is 0.248. The molecular formula is C14H20N2O. The third kappa shape index (κ3) is 2.22. The van der Waals surface area contributed by atoms with E-state index in [2.05, 4.69) is 22.4 Å². The molecule has 1 unspecified atom stereocenters. The summed E-state index contributed by atoms with van der Waals surface area (Å²) in [5, 5.41) is 3.64. The molecule has 0 radical (unpaired) electrons. The first kappa shape index (κ1) is 11.2. The molecule has 2 aliphatic heterocycles. The van der Waals surface area contributed by atoms with Crippen molar-refractivity contribution in [1.29, 1.82) is 0 Å². The highest BCUT2D eigenvalue weighted by molar-refractivity contribution is 5.26. The van der Waals surface area contributed by atoms with Gasteiger partial charge in [0.15, 0.2) is 0 Å². The highest BCUT2D eigenvalue weighted by Gasteiger charge is 2.42. The van der Waals surface area contributed by atoms with Gasteiger partial charge in [-0.2, -0.15) is 0 Å². The Hall–Kier alpha value is -0.930. The summed E-state index contributed by atoms with van der Waals surface area (Å²) in [7, 11) is 0. The molecule has 92 valence electrons. The summed E-state index contributed by atoms with van der Waals surface area (Å²) >= 11 is 0. The molecule has 0 spiro atoms. The molecule has 3 rings (SSSR count). The molecule has 2 saturated heterocycles. The van der Waals surface area contributed by atoms with Crippen molar-refractivity contribution in [3.63, 3.8) is 0 Å². The molecule has 2 fully saturated rings. The Morgan fingerprint density at radius 1 is 1.29 bits per heavy atom. The number of ether oxygens (including phenoxy) is 1. The van der Waals surface area contributed by atoms with Crippen molar-refractivity contribution >= 4 is 0 Å². The quantitative estimate of drug-likeness (QED) is 0.864. The van der Waals surface area contributed by atoms with Crippen LogP contribution in [-0.4, -0.2) is 30.8 Å². The first-order valence-corrected chi connectivity index (χ1v) is 6.61. The predicted octanol–water partition coefficient (Wildman–Crippen LogP) is 1.88. The molecule has 1 aromatic heterocycles. The Morgan fingerprint density at radius 2 is 2.12 bits per heavy atom. The summed E-state index contributed by atoms with van der Waals surface area (Å²) in [4.78, 5) is 4.11. The van der Waals surface area contributed by atoms with Crippen LogP contribution in [0.4, 0.5) is 0 Å². The van der Waals surface area contributed by atoms with Crippen LogP contribution in [0.5, 0.6) is 0 Å². The summed E-state index contributed by atoms with van der Waals surface area (Å²) in [6.07, 6.45) is 9.00. The summed E-state index contributed by atoms with van der Waals surface area (Å²) in [5.41, 5.74) is 1.64. The molecule has 0 aromatic carbocycles. The van der Waals surface area contributed by atoms with E-state index in [-0.39, 0.29) is 5.41 Å². The molecule has 1 N–H and O–H groups in total. The lowest BCUT2D eigenvalue weighted by Gasteiger charge is -2.44. The van der Waals surface area contributed by atoms with Crippen LogP contribution in [0.1, 0.15) is 31.2 Å². The number of hydrogen-bond donors (Lipinski definition) is 1. The summed E-state index contributed by atoms with van der Waals surface area (Å²) in [5.74, 6) is 0. The maximum absolute atomic E-state index is 5.49. The van der Waals surface area contributed by atoms with Crippen molar-refractivity contribution < 1.29 is 4.74 Å². The van der Waals surface area contributed by atoms with Crippen LogP contribution in [0, 0.1) is 0 Å². The standard InChI is InChI=1S/C14H20N2O/c1-2-6-16-13(3-1)9-14(10-17-11-14)12-4-7-15-8-5-12/h4-5,7-8,13,16H,1-3,6,9-11H2. The largest absolute Gasteiger partial charge is 0.379 e. The van der Waals surface area contributed by atoms with E-state index in [1.165, 1.54) is 37.8 Å². The second-order valence-electron chi connectivity index (χ2n) is 5.36. The SMILES string of the molecule is c1cc(C2(CC3CCCCN3)COC2)ccn1. The Labute approximate surface area is 103 Å². The van der Waals surface area contributed by atoms with Crippen LogP contribution in [0.2, 0.25) is 0 Å². The van der Waals surface area contributed by atoms with Gasteiger partial charge >= 0.3 is 0 Å². The van der Waals surface area contributed by atoms with E-state index in [1.54, 1.807) is 0 Å². The van der Waals surface area contributed by atoms with Crippen molar-refractivity contribution in [2.24, 2.45) is 0 Å². The van der Waals surface area contributed by atoms with Crippen LogP contribution < -0.4 is 5.32 Å². The molecular weight excluding hydrogens is 212 g/mol. The minimum Gasteiger partial charge on any atom is -0.379 e. The van der Waals surface area contributed by atoms with Gasteiger partial charge in [0.25, 0.3) is 0 Å². The maximum atomic E-state index is 5.49.